The van der Waals surface area contributed by atoms with Crippen molar-refractivity contribution in [1.29, 1.82) is 0 Å². The monoisotopic (exact) mass is 236 g/mol. The van der Waals surface area contributed by atoms with Crippen LogP contribution in [0, 0.1) is 0 Å². The van der Waals surface area contributed by atoms with E-state index in [-0.39, 0.29) is 17.6 Å². The van der Waals surface area contributed by atoms with Gasteiger partial charge in [0.1, 0.15) is 0 Å². The van der Waals surface area contributed by atoms with Crippen molar-refractivity contribution < 1.29 is 0 Å². The van der Waals surface area contributed by atoms with Gasteiger partial charge in [0.15, 0.2) is 5.82 Å². The molecule has 0 unspecified atom stereocenters. The number of piperidine rings is 1. The maximum atomic E-state index is 12.2. The Balaban J connectivity index is 2.27. The minimum Gasteiger partial charge on any atom is -0.352 e. The molecule has 94 valence electrons. The Morgan fingerprint density at radius 1 is 1.41 bits per heavy atom. The second-order valence-corrected chi connectivity index (χ2v) is 4.88. The van der Waals surface area contributed by atoms with Crippen LogP contribution in [0.25, 0.3) is 0 Å². The van der Waals surface area contributed by atoms with E-state index in [1.807, 2.05) is 18.7 Å². The lowest BCUT2D eigenvalue weighted by Crippen LogP contribution is -2.43. The lowest BCUT2D eigenvalue weighted by Gasteiger charge is -2.30. The van der Waals surface area contributed by atoms with Gasteiger partial charge in [-0.3, -0.25) is 4.79 Å². The van der Waals surface area contributed by atoms with E-state index >= 15 is 0 Å². The molecule has 1 saturated heterocycles. The second kappa shape index (κ2) is 4.87. The van der Waals surface area contributed by atoms with Crippen molar-refractivity contribution in [3.8, 4) is 0 Å². The van der Waals surface area contributed by atoms with Gasteiger partial charge in [0.2, 0.25) is 0 Å². The summed E-state index contributed by atoms with van der Waals surface area (Å²) in [7, 11) is 0. The Morgan fingerprint density at radius 2 is 2.06 bits per heavy atom. The highest BCUT2D eigenvalue weighted by atomic mass is 16.1. The van der Waals surface area contributed by atoms with Gasteiger partial charge in [0.25, 0.3) is 5.56 Å². The number of nitrogens with two attached hydrogens (primary N) is 1. The van der Waals surface area contributed by atoms with Gasteiger partial charge < -0.3 is 15.2 Å². The highest BCUT2D eigenvalue weighted by molar-refractivity contribution is 5.36. The van der Waals surface area contributed by atoms with Gasteiger partial charge >= 0.3 is 0 Å². The number of nitrogens with zero attached hydrogens (tertiary/aromatic N) is 3. The van der Waals surface area contributed by atoms with Crippen LogP contribution in [-0.2, 0) is 0 Å². The third kappa shape index (κ3) is 2.49. The summed E-state index contributed by atoms with van der Waals surface area (Å²) in [4.78, 5) is 18.5. The first-order valence-electron chi connectivity index (χ1n) is 6.17. The summed E-state index contributed by atoms with van der Waals surface area (Å²) in [5, 5.41) is 0. The van der Waals surface area contributed by atoms with Crippen molar-refractivity contribution in [3.63, 3.8) is 0 Å². The zero-order valence-corrected chi connectivity index (χ0v) is 10.5. The Labute approximate surface area is 101 Å². The summed E-state index contributed by atoms with van der Waals surface area (Å²) in [6.07, 6.45) is 5.30. The summed E-state index contributed by atoms with van der Waals surface area (Å²) < 4.78 is 1.72. The molecule has 0 amide bonds. The molecular weight excluding hydrogens is 216 g/mol. The standard InChI is InChI=1S/C12H20N4O/c1-9(2)16-8-5-14-11(12(16)17)15-6-3-10(13)4-7-15/h5,8-10H,3-4,6-7,13H2,1-2H3. The fourth-order valence-corrected chi connectivity index (χ4v) is 2.15. The lowest BCUT2D eigenvalue weighted by molar-refractivity contribution is 0.492. The van der Waals surface area contributed by atoms with E-state index in [0.29, 0.717) is 5.82 Å². The average molecular weight is 236 g/mol. The molecule has 0 aliphatic carbocycles. The van der Waals surface area contributed by atoms with Gasteiger partial charge in [-0.2, -0.15) is 0 Å². The molecule has 0 saturated carbocycles. The zero-order valence-electron chi connectivity index (χ0n) is 10.5. The van der Waals surface area contributed by atoms with Crippen LogP contribution in [0.2, 0.25) is 0 Å². The molecule has 17 heavy (non-hydrogen) atoms. The number of aromatic nitrogens is 2. The average Bonchev–Trinajstić information content (AvgIpc) is 2.30. The van der Waals surface area contributed by atoms with Gasteiger partial charge in [-0.25, -0.2) is 4.98 Å². The summed E-state index contributed by atoms with van der Waals surface area (Å²) in [5.41, 5.74) is 5.86. The van der Waals surface area contributed by atoms with E-state index in [2.05, 4.69) is 4.98 Å². The fraction of sp³-hybridized carbons (Fsp3) is 0.667. The molecule has 1 fully saturated rings. The van der Waals surface area contributed by atoms with Crippen LogP contribution >= 0.6 is 0 Å². The van der Waals surface area contributed by atoms with Crippen LogP contribution in [0.15, 0.2) is 17.2 Å². The molecule has 0 spiro atoms. The predicted octanol–water partition coefficient (Wildman–Crippen LogP) is 0.752. The van der Waals surface area contributed by atoms with Gasteiger partial charge in [-0.15, -0.1) is 0 Å². The highest BCUT2D eigenvalue weighted by Gasteiger charge is 2.20. The van der Waals surface area contributed by atoms with Gasteiger partial charge in [0.05, 0.1) is 0 Å². The molecule has 1 aromatic heterocycles. The molecule has 1 aliphatic rings. The van der Waals surface area contributed by atoms with Gasteiger partial charge in [0, 0.05) is 37.6 Å². The molecular formula is C12H20N4O. The summed E-state index contributed by atoms with van der Waals surface area (Å²) in [6, 6.07) is 0.429. The predicted molar refractivity (Wildman–Crippen MR) is 68.3 cm³/mol. The Bertz CT molecular complexity index is 432. The molecule has 1 aromatic rings. The Kier molecular flexibility index (Phi) is 3.47. The van der Waals surface area contributed by atoms with Crippen LogP contribution in [0.1, 0.15) is 32.7 Å². The number of rotatable bonds is 2. The maximum absolute atomic E-state index is 12.2. The van der Waals surface area contributed by atoms with Crippen LogP contribution in [-0.4, -0.2) is 28.7 Å². The number of hydrogen-bond acceptors (Lipinski definition) is 4. The zero-order chi connectivity index (χ0) is 12.4. The highest BCUT2D eigenvalue weighted by Crippen LogP contribution is 2.13. The quantitative estimate of drug-likeness (QED) is 0.823. The molecule has 0 bridgehead atoms. The molecule has 5 heteroatoms. The van der Waals surface area contributed by atoms with Crippen molar-refractivity contribution in [1.82, 2.24) is 9.55 Å². The lowest BCUT2D eigenvalue weighted by atomic mass is 10.1. The first-order chi connectivity index (χ1) is 8.09. The van der Waals surface area contributed by atoms with Crippen molar-refractivity contribution >= 4 is 5.82 Å². The van der Waals surface area contributed by atoms with Crippen molar-refractivity contribution in [2.24, 2.45) is 5.73 Å². The molecule has 2 N–H and O–H groups in total. The van der Waals surface area contributed by atoms with Crippen LogP contribution in [0.3, 0.4) is 0 Å². The van der Waals surface area contributed by atoms with Crippen LogP contribution in [0.4, 0.5) is 5.82 Å². The van der Waals surface area contributed by atoms with E-state index in [9.17, 15) is 4.79 Å². The van der Waals surface area contributed by atoms with Crippen molar-refractivity contribution in [2.45, 2.75) is 38.8 Å². The van der Waals surface area contributed by atoms with Crippen molar-refractivity contribution in [2.75, 3.05) is 18.0 Å². The first kappa shape index (κ1) is 12.1. The van der Waals surface area contributed by atoms with E-state index in [4.69, 9.17) is 5.73 Å². The molecule has 2 heterocycles. The Hall–Kier alpha value is -1.36. The van der Waals surface area contributed by atoms with E-state index in [1.165, 1.54) is 0 Å². The molecule has 5 nitrogen and oxygen atoms in total. The molecule has 0 atom stereocenters. The molecule has 0 aromatic carbocycles. The summed E-state index contributed by atoms with van der Waals surface area (Å²) >= 11 is 0. The minimum absolute atomic E-state index is 0.00188. The topological polar surface area (TPSA) is 64.2 Å². The second-order valence-electron chi connectivity index (χ2n) is 4.88. The smallest absolute Gasteiger partial charge is 0.293 e. The summed E-state index contributed by atoms with van der Waals surface area (Å²) in [5.74, 6) is 0.563. The molecule has 0 radical (unpaired) electrons. The maximum Gasteiger partial charge on any atom is 0.293 e. The SMILES string of the molecule is CC(C)n1ccnc(N2CCC(N)CC2)c1=O. The van der Waals surface area contributed by atoms with Crippen LogP contribution in [0.5, 0.6) is 0 Å². The first-order valence-corrected chi connectivity index (χ1v) is 6.17. The van der Waals surface area contributed by atoms with E-state index in [0.717, 1.165) is 25.9 Å². The van der Waals surface area contributed by atoms with Crippen molar-refractivity contribution in [3.05, 3.63) is 22.7 Å². The third-order valence-electron chi connectivity index (χ3n) is 3.25. The van der Waals surface area contributed by atoms with E-state index < -0.39 is 0 Å². The van der Waals surface area contributed by atoms with E-state index in [1.54, 1.807) is 17.0 Å². The van der Waals surface area contributed by atoms with Crippen LogP contribution < -0.4 is 16.2 Å². The normalized spacial score (nSPS) is 17.8. The largest absolute Gasteiger partial charge is 0.352 e. The third-order valence-corrected chi connectivity index (χ3v) is 3.25. The van der Waals surface area contributed by atoms with Gasteiger partial charge in [-0.05, 0) is 26.7 Å². The van der Waals surface area contributed by atoms with Gasteiger partial charge in [-0.1, -0.05) is 0 Å². The number of anilines is 1. The fourth-order valence-electron chi connectivity index (χ4n) is 2.15. The molecule has 2 rings (SSSR count). The molecule has 1 aliphatic heterocycles. The minimum atomic E-state index is -0.00188. The summed E-state index contributed by atoms with van der Waals surface area (Å²) in [6.45, 7) is 5.64. The Morgan fingerprint density at radius 3 is 2.65 bits per heavy atom. The number of hydrogen-bond donors (Lipinski definition) is 1.